The third-order valence-electron chi connectivity index (χ3n) is 2.33. The maximum absolute atomic E-state index is 11.4. The van der Waals surface area contributed by atoms with Gasteiger partial charge in [0.05, 0.1) is 11.8 Å². The number of nitrogens with zero attached hydrogens (tertiary/aromatic N) is 3. The zero-order valence-corrected chi connectivity index (χ0v) is 9.60. The van der Waals surface area contributed by atoms with E-state index < -0.39 is 5.92 Å². The van der Waals surface area contributed by atoms with Gasteiger partial charge >= 0.3 is 0 Å². The van der Waals surface area contributed by atoms with E-state index in [9.17, 15) is 4.79 Å². The molecule has 1 unspecified atom stereocenters. The molecule has 0 aliphatic carbocycles. The number of hydrogen-bond acceptors (Lipinski definition) is 3. The fraction of sp³-hybridized carbons (Fsp3) is 0.545. The lowest BCUT2D eigenvalue weighted by Gasteiger charge is -2.06. The van der Waals surface area contributed by atoms with Gasteiger partial charge in [-0.3, -0.25) is 9.48 Å². The second-order valence-electron chi connectivity index (χ2n) is 3.61. The maximum atomic E-state index is 11.4. The van der Waals surface area contributed by atoms with E-state index in [1.54, 1.807) is 4.68 Å². The Morgan fingerprint density at radius 3 is 3.00 bits per heavy atom. The molecule has 0 aromatic carbocycles. The summed E-state index contributed by atoms with van der Waals surface area (Å²) in [6.07, 6.45) is 3.10. The number of amides is 1. The molecule has 16 heavy (non-hydrogen) atoms. The topological polar surface area (TPSA) is 70.7 Å². The Kier molecular flexibility index (Phi) is 4.52. The molecular weight excluding hydrogens is 204 g/mol. The van der Waals surface area contributed by atoms with E-state index in [4.69, 9.17) is 5.26 Å². The minimum atomic E-state index is -0.538. The van der Waals surface area contributed by atoms with Crippen LogP contribution in [0.4, 0.5) is 0 Å². The van der Waals surface area contributed by atoms with Crippen LogP contribution in [-0.2, 0) is 18.3 Å². The Morgan fingerprint density at radius 2 is 2.50 bits per heavy atom. The number of hydrogen-bond donors (Lipinski definition) is 1. The molecule has 1 aromatic heterocycles. The van der Waals surface area contributed by atoms with E-state index in [1.165, 1.54) is 0 Å². The second-order valence-corrected chi connectivity index (χ2v) is 3.61. The highest BCUT2D eigenvalue weighted by Gasteiger charge is 2.14. The Labute approximate surface area is 95.1 Å². The molecule has 5 nitrogen and oxygen atoms in total. The highest BCUT2D eigenvalue weighted by molar-refractivity contribution is 5.80. The molecule has 0 radical (unpaired) electrons. The maximum Gasteiger partial charge on any atom is 0.237 e. The molecule has 1 amide bonds. The lowest BCUT2D eigenvalue weighted by atomic mass is 10.1. The van der Waals surface area contributed by atoms with Crippen LogP contribution in [0.1, 0.15) is 19.0 Å². The van der Waals surface area contributed by atoms with E-state index in [1.807, 2.05) is 32.3 Å². The van der Waals surface area contributed by atoms with Crippen LogP contribution < -0.4 is 5.32 Å². The molecule has 5 heteroatoms. The minimum absolute atomic E-state index is 0.194. The molecule has 0 spiro atoms. The highest BCUT2D eigenvalue weighted by atomic mass is 16.1. The smallest absolute Gasteiger partial charge is 0.237 e. The van der Waals surface area contributed by atoms with E-state index >= 15 is 0 Å². The number of carbonyl (C=O) groups is 1. The first-order chi connectivity index (χ1) is 7.67. The van der Waals surface area contributed by atoms with Crippen molar-refractivity contribution in [1.82, 2.24) is 15.1 Å². The Morgan fingerprint density at radius 1 is 1.75 bits per heavy atom. The van der Waals surface area contributed by atoms with Crippen LogP contribution in [-0.4, -0.2) is 22.2 Å². The lowest BCUT2D eigenvalue weighted by Crippen LogP contribution is -2.31. The van der Waals surface area contributed by atoms with Crippen LogP contribution >= 0.6 is 0 Å². The first-order valence-electron chi connectivity index (χ1n) is 5.33. The van der Waals surface area contributed by atoms with Gasteiger partial charge in [0.1, 0.15) is 5.92 Å². The monoisotopic (exact) mass is 220 g/mol. The zero-order valence-electron chi connectivity index (χ0n) is 9.60. The number of aromatic nitrogens is 2. The summed E-state index contributed by atoms with van der Waals surface area (Å²) in [6.45, 7) is 2.35. The number of aryl methyl sites for hydroxylation is 1. The molecule has 1 heterocycles. The summed E-state index contributed by atoms with van der Waals surface area (Å²) >= 11 is 0. The molecule has 1 atom stereocenters. The third kappa shape index (κ3) is 3.39. The second kappa shape index (κ2) is 5.91. The van der Waals surface area contributed by atoms with Gasteiger partial charge in [-0.15, -0.1) is 0 Å². The summed E-state index contributed by atoms with van der Waals surface area (Å²) in [5.74, 6) is -0.732. The van der Waals surface area contributed by atoms with Gasteiger partial charge < -0.3 is 5.32 Å². The molecule has 0 saturated carbocycles. The first kappa shape index (κ1) is 12.2. The van der Waals surface area contributed by atoms with Gasteiger partial charge in [-0.25, -0.2) is 0 Å². The van der Waals surface area contributed by atoms with Crippen molar-refractivity contribution in [3.05, 3.63) is 18.0 Å². The molecule has 0 bridgehead atoms. The largest absolute Gasteiger partial charge is 0.355 e. The van der Waals surface area contributed by atoms with E-state index in [2.05, 4.69) is 10.4 Å². The normalized spacial score (nSPS) is 11.8. The minimum Gasteiger partial charge on any atom is -0.355 e. The molecule has 0 aliphatic rings. The fourth-order valence-corrected chi connectivity index (χ4v) is 1.37. The highest BCUT2D eigenvalue weighted by Crippen LogP contribution is 2.00. The van der Waals surface area contributed by atoms with Crippen LogP contribution in [0.2, 0.25) is 0 Å². The van der Waals surface area contributed by atoms with Crippen molar-refractivity contribution in [2.45, 2.75) is 19.8 Å². The van der Waals surface area contributed by atoms with Crippen LogP contribution in [0.15, 0.2) is 12.3 Å². The van der Waals surface area contributed by atoms with Gasteiger partial charge in [-0.2, -0.15) is 10.4 Å². The molecule has 0 aliphatic heterocycles. The quantitative estimate of drug-likeness (QED) is 0.791. The summed E-state index contributed by atoms with van der Waals surface area (Å²) in [5, 5.41) is 15.6. The Bertz CT molecular complexity index is 391. The van der Waals surface area contributed by atoms with Crippen molar-refractivity contribution in [3.8, 4) is 6.07 Å². The molecule has 1 rings (SSSR count). The van der Waals surface area contributed by atoms with Crippen molar-refractivity contribution in [1.29, 1.82) is 5.26 Å². The summed E-state index contributed by atoms with van der Waals surface area (Å²) in [4.78, 5) is 11.4. The van der Waals surface area contributed by atoms with Crippen LogP contribution in [0, 0.1) is 17.2 Å². The predicted octanol–water partition coefficient (Wildman–Crippen LogP) is 0.629. The molecule has 0 saturated heterocycles. The summed E-state index contributed by atoms with van der Waals surface area (Å²) in [7, 11) is 1.85. The average molecular weight is 220 g/mol. The van der Waals surface area contributed by atoms with Gasteiger partial charge in [0.25, 0.3) is 0 Å². The van der Waals surface area contributed by atoms with Crippen LogP contribution in [0.3, 0.4) is 0 Å². The average Bonchev–Trinajstić information content (AvgIpc) is 2.66. The number of rotatable bonds is 5. The molecule has 1 aromatic rings. The predicted molar refractivity (Wildman–Crippen MR) is 59.3 cm³/mol. The van der Waals surface area contributed by atoms with E-state index in [0.29, 0.717) is 19.4 Å². The SMILES string of the molecule is CCC(C#N)C(=O)NCCc1ccn(C)n1. The van der Waals surface area contributed by atoms with E-state index in [0.717, 1.165) is 5.69 Å². The van der Waals surface area contributed by atoms with E-state index in [-0.39, 0.29) is 5.91 Å². The van der Waals surface area contributed by atoms with Gasteiger partial charge in [0.15, 0.2) is 0 Å². The molecule has 86 valence electrons. The van der Waals surface area contributed by atoms with Gasteiger partial charge in [-0.05, 0) is 12.5 Å². The van der Waals surface area contributed by atoms with Crippen molar-refractivity contribution in [3.63, 3.8) is 0 Å². The number of nitriles is 1. The lowest BCUT2D eigenvalue weighted by molar-refractivity contribution is -0.123. The Hall–Kier alpha value is -1.83. The Balaban J connectivity index is 2.31. The third-order valence-corrected chi connectivity index (χ3v) is 2.33. The van der Waals surface area contributed by atoms with Gasteiger partial charge in [0.2, 0.25) is 5.91 Å². The fourth-order valence-electron chi connectivity index (χ4n) is 1.37. The molecular formula is C11H16N4O. The zero-order chi connectivity index (χ0) is 12.0. The summed E-state index contributed by atoms with van der Waals surface area (Å²) < 4.78 is 1.72. The van der Waals surface area contributed by atoms with Crippen molar-refractivity contribution < 1.29 is 4.79 Å². The summed E-state index contributed by atoms with van der Waals surface area (Å²) in [5.41, 5.74) is 0.938. The van der Waals surface area contributed by atoms with Gasteiger partial charge in [0, 0.05) is 26.2 Å². The van der Waals surface area contributed by atoms with Crippen LogP contribution in [0.25, 0.3) is 0 Å². The molecule has 1 N–H and O–H groups in total. The number of nitrogens with one attached hydrogen (secondary N) is 1. The van der Waals surface area contributed by atoms with Crippen molar-refractivity contribution >= 4 is 5.91 Å². The molecule has 0 fully saturated rings. The van der Waals surface area contributed by atoms with Crippen molar-refractivity contribution in [2.24, 2.45) is 13.0 Å². The van der Waals surface area contributed by atoms with Gasteiger partial charge in [-0.1, -0.05) is 6.92 Å². The number of carbonyl (C=O) groups excluding carboxylic acids is 1. The summed E-state index contributed by atoms with van der Waals surface area (Å²) in [6, 6.07) is 3.88. The standard InChI is InChI=1S/C11H16N4O/c1-3-9(8-12)11(16)13-6-4-10-5-7-15(2)14-10/h5,7,9H,3-4,6H2,1-2H3,(H,13,16). The first-order valence-corrected chi connectivity index (χ1v) is 5.33. The van der Waals surface area contributed by atoms with Crippen LogP contribution in [0.5, 0.6) is 0 Å². The van der Waals surface area contributed by atoms with Crippen molar-refractivity contribution in [2.75, 3.05) is 6.54 Å².